The number of halogens is 1. The first-order valence-electron chi connectivity index (χ1n) is 6.13. The van der Waals surface area contributed by atoms with Gasteiger partial charge in [0.1, 0.15) is 0 Å². The molecule has 0 spiro atoms. The molecule has 2 aromatic rings. The lowest BCUT2D eigenvalue weighted by Gasteiger charge is -2.14. The van der Waals surface area contributed by atoms with Crippen LogP contribution in [0.1, 0.15) is 17.9 Å². The summed E-state index contributed by atoms with van der Waals surface area (Å²) in [6.07, 6.45) is 3.33. The summed E-state index contributed by atoms with van der Waals surface area (Å²) in [5.74, 6) is 1.17. The summed E-state index contributed by atoms with van der Waals surface area (Å²) in [6.45, 7) is 3.81. The molecule has 19 heavy (non-hydrogen) atoms. The first-order valence-corrected chi connectivity index (χ1v) is 6.13. The van der Waals surface area contributed by atoms with Crippen molar-refractivity contribution in [3.05, 3.63) is 41.8 Å². The predicted molar refractivity (Wildman–Crippen MR) is 77.2 cm³/mol. The highest BCUT2D eigenvalue weighted by Gasteiger charge is 2.08. The Morgan fingerprint density at radius 1 is 1.11 bits per heavy atom. The Morgan fingerprint density at radius 3 is 2.42 bits per heavy atom. The molecule has 4 nitrogen and oxygen atoms in total. The Hall–Kier alpha value is -1.65. The lowest BCUT2D eigenvalue weighted by Crippen LogP contribution is -2.19. The minimum atomic E-state index is 0. The van der Waals surface area contributed by atoms with Crippen LogP contribution in [-0.4, -0.2) is 23.3 Å². The zero-order valence-electron chi connectivity index (χ0n) is 10.7. The van der Waals surface area contributed by atoms with Gasteiger partial charge in [-0.3, -0.25) is 0 Å². The largest absolute Gasteiger partial charge is 0.421 e. The highest BCUT2D eigenvalue weighted by Crippen LogP contribution is 2.23. The highest BCUT2D eigenvalue weighted by atomic mass is 35.5. The summed E-state index contributed by atoms with van der Waals surface area (Å²) in [7, 11) is 0. The van der Waals surface area contributed by atoms with E-state index in [1.807, 2.05) is 12.1 Å². The molecule has 0 saturated heterocycles. The van der Waals surface area contributed by atoms with Crippen LogP contribution in [-0.2, 0) is 0 Å². The average Bonchev–Trinajstić information content (AvgIpc) is 2.87. The molecule has 0 unspecified atom stereocenters. The maximum absolute atomic E-state index is 5.41. The standard InChI is InChI=1S/C14H15N3O.ClH/c1-10-16-17-14(18-10)13-4-2-11(3-5-13)12-6-8-15-9-7-12;/h2-6,15H,7-9H2,1H3;1H. The Labute approximate surface area is 118 Å². The maximum atomic E-state index is 5.41. The van der Waals surface area contributed by atoms with Gasteiger partial charge < -0.3 is 9.73 Å². The van der Waals surface area contributed by atoms with E-state index in [0.717, 1.165) is 25.1 Å². The smallest absolute Gasteiger partial charge is 0.247 e. The van der Waals surface area contributed by atoms with Crippen molar-refractivity contribution in [3.8, 4) is 11.5 Å². The van der Waals surface area contributed by atoms with Crippen molar-refractivity contribution in [3.63, 3.8) is 0 Å². The van der Waals surface area contributed by atoms with Gasteiger partial charge in [0.25, 0.3) is 0 Å². The monoisotopic (exact) mass is 277 g/mol. The number of aromatic nitrogens is 2. The molecule has 1 aromatic carbocycles. The van der Waals surface area contributed by atoms with Crippen molar-refractivity contribution in [1.82, 2.24) is 15.5 Å². The molecule has 0 saturated carbocycles. The number of aryl methyl sites for hydroxylation is 1. The van der Waals surface area contributed by atoms with Crippen molar-refractivity contribution in [2.45, 2.75) is 13.3 Å². The van der Waals surface area contributed by atoms with Crippen molar-refractivity contribution >= 4 is 18.0 Å². The fourth-order valence-corrected chi connectivity index (χ4v) is 2.12. The van der Waals surface area contributed by atoms with E-state index in [1.54, 1.807) is 6.92 Å². The molecule has 0 radical (unpaired) electrons. The van der Waals surface area contributed by atoms with Gasteiger partial charge in [-0.05, 0) is 36.2 Å². The number of nitrogens with one attached hydrogen (secondary N) is 1. The van der Waals surface area contributed by atoms with Crippen LogP contribution in [0.25, 0.3) is 17.0 Å². The molecule has 1 N–H and O–H groups in total. The molecule has 1 aliphatic heterocycles. The minimum Gasteiger partial charge on any atom is -0.421 e. The Balaban J connectivity index is 0.00000133. The molecular formula is C14H16ClN3O. The Kier molecular flexibility index (Phi) is 4.35. The number of rotatable bonds is 2. The van der Waals surface area contributed by atoms with Gasteiger partial charge >= 0.3 is 0 Å². The molecule has 2 heterocycles. The summed E-state index contributed by atoms with van der Waals surface area (Å²) < 4.78 is 5.41. The van der Waals surface area contributed by atoms with Gasteiger partial charge in [0.15, 0.2) is 0 Å². The molecular weight excluding hydrogens is 262 g/mol. The molecule has 1 aromatic heterocycles. The van der Waals surface area contributed by atoms with Crippen LogP contribution in [0.4, 0.5) is 0 Å². The van der Waals surface area contributed by atoms with Crippen molar-refractivity contribution in [2.24, 2.45) is 0 Å². The first-order chi connectivity index (χ1) is 8.83. The molecule has 3 rings (SSSR count). The molecule has 0 bridgehead atoms. The molecule has 0 atom stereocenters. The van der Waals surface area contributed by atoms with E-state index in [0.29, 0.717) is 11.8 Å². The van der Waals surface area contributed by atoms with Crippen LogP contribution < -0.4 is 5.32 Å². The Bertz CT molecular complexity index is 575. The minimum absolute atomic E-state index is 0. The number of hydrogen-bond acceptors (Lipinski definition) is 4. The van der Waals surface area contributed by atoms with Gasteiger partial charge in [0, 0.05) is 19.0 Å². The Morgan fingerprint density at radius 2 is 1.84 bits per heavy atom. The van der Waals surface area contributed by atoms with Crippen LogP contribution in [0.5, 0.6) is 0 Å². The molecule has 0 aliphatic carbocycles. The third-order valence-electron chi connectivity index (χ3n) is 3.09. The quantitative estimate of drug-likeness (QED) is 0.917. The van der Waals surface area contributed by atoms with E-state index >= 15 is 0 Å². The maximum Gasteiger partial charge on any atom is 0.247 e. The van der Waals surface area contributed by atoms with Crippen LogP contribution in [0.3, 0.4) is 0 Å². The van der Waals surface area contributed by atoms with E-state index in [9.17, 15) is 0 Å². The summed E-state index contributed by atoms with van der Waals surface area (Å²) in [4.78, 5) is 0. The normalized spacial score (nSPS) is 14.7. The second-order valence-electron chi connectivity index (χ2n) is 4.39. The van der Waals surface area contributed by atoms with Gasteiger partial charge in [-0.25, -0.2) is 0 Å². The molecule has 100 valence electrons. The van der Waals surface area contributed by atoms with E-state index in [4.69, 9.17) is 4.42 Å². The van der Waals surface area contributed by atoms with Crippen LogP contribution in [0.15, 0.2) is 34.8 Å². The third kappa shape index (κ3) is 3.03. The van der Waals surface area contributed by atoms with Crippen LogP contribution in [0, 0.1) is 6.92 Å². The lowest BCUT2D eigenvalue weighted by molar-refractivity contribution is 0.533. The van der Waals surface area contributed by atoms with E-state index in [1.165, 1.54) is 11.1 Å². The number of nitrogens with zero attached hydrogens (tertiary/aromatic N) is 2. The highest BCUT2D eigenvalue weighted by molar-refractivity contribution is 5.85. The fraction of sp³-hybridized carbons (Fsp3) is 0.286. The first kappa shape index (κ1) is 13.8. The third-order valence-corrected chi connectivity index (χ3v) is 3.09. The predicted octanol–water partition coefficient (Wildman–Crippen LogP) is 2.84. The van der Waals surface area contributed by atoms with Gasteiger partial charge in [-0.1, -0.05) is 18.2 Å². The van der Waals surface area contributed by atoms with Gasteiger partial charge in [0.05, 0.1) is 0 Å². The summed E-state index contributed by atoms with van der Waals surface area (Å²) in [6, 6.07) is 8.30. The van der Waals surface area contributed by atoms with Crippen molar-refractivity contribution in [1.29, 1.82) is 0 Å². The van der Waals surface area contributed by atoms with Gasteiger partial charge in [-0.15, -0.1) is 22.6 Å². The zero-order valence-corrected chi connectivity index (χ0v) is 11.5. The molecule has 0 amide bonds. The second-order valence-corrected chi connectivity index (χ2v) is 4.39. The van der Waals surface area contributed by atoms with Crippen molar-refractivity contribution < 1.29 is 4.42 Å². The summed E-state index contributed by atoms with van der Waals surface area (Å²) >= 11 is 0. The number of hydrogen-bond donors (Lipinski definition) is 1. The fourth-order valence-electron chi connectivity index (χ4n) is 2.12. The van der Waals surface area contributed by atoms with Crippen LogP contribution >= 0.6 is 12.4 Å². The number of benzene rings is 1. The molecule has 5 heteroatoms. The topological polar surface area (TPSA) is 51.0 Å². The van der Waals surface area contributed by atoms with Gasteiger partial charge in [-0.2, -0.15) is 0 Å². The zero-order chi connectivity index (χ0) is 12.4. The SMILES string of the molecule is Cc1nnc(-c2ccc(C3=CCNCC3)cc2)o1.Cl. The molecule has 0 fully saturated rings. The summed E-state index contributed by atoms with van der Waals surface area (Å²) in [5, 5.41) is 11.2. The van der Waals surface area contributed by atoms with E-state index in [-0.39, 0.29) is 12.4 Å². The average molecular weight is 278 g/mol. The van der Waals surface area contributed by atoms with Crippen LogP contribution in [0.2, 0.25) is 0 Å². The van der Waals surface area contributed by atoms with E-state index < -0.39 is 0 Å². The summed E-state index contributed by atoms with van der Waals surface area (Å²) in [5.41, 5.74) is 3.65. The lowest BCUT2D eigenvalue weighted by atomic mass is 9.99. The van der Waals surface area contributed by atoms with E-state index in [2.05, 4.69) is 33.7 Å². The molecule has 1 aliphatic rings. The van der Waals surface area contributed by atoms with Crippen molar-refractivity contribution in [2.75, 3.05) is 13.1 Å². The van der Waals surface area contributed by atoms with Gasteiger partial charge in [0.2, 0.25) is 11.8 Å². The second kappa shape index (κ2) is 5.99.